The number of amides is 1. The zero-order valence-electron chi connectivity index (χ0n) is 12.2. The molecular weight excluding hydrogens is 244 g/mol. The maximum absolute atomic E-state index is 12.0. The van der Waals surface area contributed by atoms with Gasteiger partial charge in [0.2, 0.25) is 0 Å². The number of hydrogen-bond donors (Lipinski definition) is 1. The number of nitrogens with zero attached hydrogens (tertiary/aromatic N) is 1. The van der Waals surface area contributed by atoms with E-state index in [-0.39, 0.29) is 18.2 Å². The lowest BCUT2D eigenvalue weighted by Crippen LogP contribution is -2.46. The summed E-state index contributed by atoms with van der Waals surface area (Å²) < 4.78 is 11.1. The second kappa shape index (κ2) is 5.67. The number of likely N-dealkylation sites (tertiary alicyclic amines) is 1. The minimum Gasteiger partial charge on any atom is -0.444 e. The van der Waals surface area contributed by atoms with Crippen molar-refractivity contribution in [2.45, 2.75) is 57.8 Å². The molecule has 2 aliphatic rings. The Kier molecular flexibility index (Phi) is 4.36. The van der Waals surface area contributed by atoms with Gasteiger partial charge in [-0.1, -0.05) is 0 Å². The van der Waals surface area contributed by atoms with Crippen LogP contribution in [-0.4, -0.2) is 48.4 Å². The van der Waals surface area contributed by atoms with Gasteiger partial charge in [-0.2, -0.15) is 0 Å². The summed E-state index contributed by atoms with van der Waals surface area (Å²) in [6.07, 6.45) is 2.84. The van der Waals surface area contributed by atoms with Crippen LogP contribution in [0.5, 0.6) is 0 Å². The van der Waals surface area contributed by atoms with Crippen LogP contribution in [-0.2, 0) is 9.47 Å². The van der Waals surface area contributed by atoms with Crippen molar-refractivity contribution < 1.29 is 14.3 Å². The van der Waals surface area contributed by atoms with E-state index in [2.05, 4.69) is 0 Å². The molecule has 5 nitrogen and oxygen atoms in total. The summed E-state index contributed by atoms with van der Waals surface area (Å²) in [7, 11) is 0. The van der Waals surface area contributed by atoms with Crippen LogP contribution in [0.3, 0.4) is 0 Å². The van der Waals surface area contributed by atoms with E-state index in [9.17, 15) is 4.79 Å². The first kappa shape index (κ1) is 14.6. The van der Waals surface area contributed by atoms with Gasteiger partial charge in [0.25, 0.3) is 0 Å². The summed E-state index contributed by atoms with van der Waals surface area (Å²) in [6, 6.07) is 0.165. The fourth-order valence-corrected chi connectivity index (χ4v) is 2.85. The first-order valence-electron chi connectivity index (χ1n) is 7.22. The molecule has 110 valence electrons. The van der Waals surface area contributed by atoms with Gasteiger partial charge in [0.1, 0.15) is 5.60 Å². The molecule has 2 N–H and O–H groups in total. The molecule has 0 bridgehead atoms. The third kappa shape index (κ3) is 3.83. The molecule has 2 rings (SSSR count). The van der Waals surface area contributed by atoms with Crippen molar-refractivity contribution in [2.75, 3.05) is 19.7 Å². The lowest BCUT2D eigenvalue weighted by atomic mass is 9.88. The number of carbonyl (C=O) groups excluding carboxylic acids is 1. The third-order valence-corrected chi connectivity index (χ3v) is 3.84. The molecule has 0 aliphatic carbocycles. The summed E-state index contributed by atoms with van der Waals surface area (Å²) in [5.41, 5.74) is 5.63. The fraction of sp³-hybridized carbons (Fsp3) is 0.929. The van der Waals surface area contributed by atoms with E-state index in [0.29, 0.717) is 5.92 Å². The van der Waals surface area contributed by atoms with Crippen LogP contribution in [0.4, 0.5) is 4.79 Å². The number of piperidine rings is 1. The van der Waals surface area contributed by atoms with Crippen molar-refractivity contribution in [1.29, 1.82) is 0 Å². The normalized spacial score (nSPS) is 29.6. The van der Waals surface area contributed by atoms with Gasteiger partial charge >= 0.3 is 6.09 Å². The van der Waals surface area contributed by atoms with Crippen molar-refractivity contribution >= 4 is 6.09 Å². The van der Waals surface area contributed by atoms with Gasteiger partial charge in [-0.05, 0) is 46.0 Å². The first-order chi connectivity index (χ1) is 8.87. The van der Waals surface area contributed by atoms with Crippen molar-refractivity contribution in [3.8, 4) is 0 Å². The molecule has 0 spiro atoms. The van der Waals surface area contributed by atoms with Crippen molar-refractivity contribution in [3.05, 3.63) is 0 Å². The number of hydrogen-bond acceptors (Lipinski definition) is 4. The summed E-state index contributed by atoms with van der Waals surface area (Å²) in [4.78, 5) is 13.7. The topological polar surface area (TPSA) is 64.8 Å². The molecule has 0 saturated carbocycles. The molecule has 0 unspecified atom stereocenters. The standard InChI is InChI=1S/C14H26N2O3/c1-14(2,3)19-13(17)16-7-4-10(5-8-16)12-11(15)6-9-18-12/h10-12H,4-9,15H2,1-3H3/t11-,12-/m1/s1. The fourth-order valence-electron chi connectivity index (χ4n) is 2.85. The van der Waals surface area contributed by atoms with E-state index in [4.69, 9.17) is 15.2 Å². The maximum Gasteiger partial charge on any atom is 0.410 e. The molecule has 0 aromatic heterocycles. The van der Waals surface area contributed by atoms with Gasteiger partial charge in [0.05, 0.1) is 6.10 Å². The number of nitrogens with two attached hydrogens (primary N) is 1. The minimum absolute atomic E-state index is 0.165. The maximum atomic E-state index is 12.0. The minimum atomic E-state index is -0.426. The second-order valence-electron chi connectivity index (χ2n) is 6.59. The molecule has 1 amide bonds. The highest BCUT2D eigenvalue weighted by molar-refractivity contribution is 5.68. The zero-order valence-corrected chi connectivity index (χ0v) is 12.2. The molecule has 2 heterocycles. The molecule has 2 atom stereocenters. The quantitative estimate of drug-likeness (QED) is 0.788. The average molecular weight is 270 g/mol. The second-order valence-corrected chi connectivity index (χ2v) is 6.59. The summed E-state index contributed by atoms with van der Waals surface area (Å²) in [5.74, 6) is 0.483. The van der Waals surface area contributed by atoms with E-state index in [0.717, 1.165) is 39.0 Å². The SMILES string of the molecule is CC(C)(C)OC(=O)N1CCC([C@H]2OCC[C@H]2N)CC1. The molecule has 2 fully saturated rings. The highest BCUT2D eigenvalue weighted by Gasteiger charge is 2.36. The van der Waals surface area contributed by atoms with Gasteiger partial charge in [-0.25, -0.2) is 4.79 Å². The molecule has 0 aromatic carbocycles. The zero-order chi connectivity index (χ0) is 14.0. The van der Waals surface area contributed by atoms with Crippen molar-refractivity contribution in [1.82, 2.24) is 4.90 Å². The molecule has 2 aliphatic heterocycles. The van der Waals surface area contributed by atoms with Crippen molar-refractivity contribution in [3.63, 3.8) is 0 Å². The molecule has 5 heteroatoms. The number of carbonyl (C=O) groups is 1. The Hall–Kier alpha value is -0.810. The Morgan fingerprint density at radius 3 is 2.37 bits per heavy atom. The van der Waals surface area contributed by atoms with Crippen LogP contribution in [0.2, 0.25) is 0 Å². The van der Waals surface area contributed by atoms with Gasteiger partial charge < -0.3 is 20.1 Å². The highest BCUT2D eigenvalue weighted by atomic mass is 16.6. The van der Waals surface area contributed by atoms with Crippen LogP contribution in [0, 0.1) is 5.92 Å². The van der Waals surface area contributed by atoms with E-state index < -0.39 is 5.60 Å². The number of ether oxygens (including phenoxy) is 2. The van der Waals surface area contributed by atoms with Crippen LogP contribution >= 0.6 is 0 Å². The highest BCUT2D eigenvalue weighted by Crippen LogP contribution is 2.28. The van der Waals surface area contributed by atoms with Crippen molar-refractivity contribution in [2.24, 2.45) is 11.7 Å². The van der Waals surface area contributed by atoms with Gasteiger partial charge in [-0.3, -0.25) is 0 Å². The predicted octanol–water partition coefficient (Wildman–Crippen LogP) is 1.75. The van der Waals surface area contributed by atoms with Gasteiger partial charge in [-0.15, -0.1) is 0 Å². The molecule has 0 radical (unpaired) electrons. The van der Waals surface area contributed by atoms with Crippen LogP contribution in [0.25, 0.3) is 0 Å². The van der Waals surface area contributed by atoms with E-state index >= 15 is 0 Å². The Bertz CT molecular complexity index is 319. The van der Waals surface area contributed by atoms with E-state index in [1.54, 1.807) is 4.90 Å². The Balaban J connectivity index is 1.80. The Morgan fingerprint density at radius 1 is 1.26 bits per heavy atom. The van der Waals surface area contributed by atoms with Gasteiger partial charge in [0.15, 0.2) is 0 Å². The lowest BCUT2D eigenvalue weighted by Gasteiger charge is -2.36. The summed E-state index contributed by atoms with van der Waals surface area (Å²) in [6.45, 7) is 7.94. The van der Waals surface area contributed by atoms with E-state index in [1.165, 1.54) is 0 Å². The summed E-state index contributed by atoms with van der Waals surface area (Å²) in [5, 5.41) is 0. The Morgan fingerprint density at radius 2 is 1.89 bits per heavy atom. The first-order valence-corrected chi connectivity index (χ1v) is 7.22. The van der Waals surface area contributed by atoms with Crippen LogP contribution < -0.4 is 5.73 Å². The van der Waals surface area contributed by atoms with Crippen LogP contribution in [0.15, 0.2) is 0 Å². The summed E-state index contributed by atoms with van der Waals surface area (Å²) >= 11 is 0. The predicted molar refractivity (Wildman–Crippen MR) is 72.9 cm³/mol. The third-order valence-electron chi connectivity index (χ3n) is 3.84. The molecule has 2 saturated heterocycles. The smallest absolute Gasteiger partial charge is 0.410 e. The lowest BCUT2D eigenvalue weighted by molar-refractivity contribution is 0.000311. The monoisotopic (exact) mass is 270 g/mol. The molecule has 19 heavy (non-hydrogen) atoms. The van der Waals surface area contributed by atoms with E-state index in [1.807, 2.05) is 20.8 Å². The number of rotatable bonds is 1. The average Bonchev–Trinajstić information content (AvgIpc) is 2.73. The Labute approximate surface area is 115 Å². The van der Waals surface area contributed by atoms with Gasteiger partial charge in [0, 0.05) is 25.7 Å². The largest absolute Gasteiger partial charge is 0.444 e. The van der Waals surface area contributed by atoms with Crippen LogP contribution in [0.1, 0.15) is 40.0 Å². The molecule has 0 aromatic rings. The molecular formula is C14H26N2O3.